The smallest absolute Gasteiger partial charge is 0.0568 e. The van der Waals surface area contributed by atoms with E-state index in [-0.39, 0.29) is 12.7 Å². The van der Waals surface area contributed by atoms with Crippen molar-refractivity contribution in [2.24, 2.45) is 0 Å². The van der Waals surface area contributed by atoms with Crippen molar-refractivity contribution in [2.45, 2.75) is 26.4 Å². The molecule has 50 valence electrons. The van der Waals surface area contributed by atoms with Gasteiger partial charge in [0.25, 0.3) is 0 Å². The SMILES string of the molecule is CCOC(C)CCO. The molecular formula is C6H14O2. The third-order valence-corrected chi connectivity index (χ3v) is 0.987. The van der Waals surface area contributed by atoms with Gasteiger partial charge in [-0.15, -0.1) is 0 Å². The molecule has 2 heteroatoms. The molecule has 0 heterocycles. The molecular weight excluding hydrogens is 104 g/mol. The second-order valence-corrected chi connectivity index (χ2v) is 1.78. The zero-order chi connectivity index (χ0) is 6.41. The monoisotopic (exact) mass is 118 g/mol. The lowest BCUT2D eigenvalue weighted by atomic mass is 10.3. The fraction of sp³-hybridized carbons (Fsp3) is 1.00. The minimum Gasteiger partial charge on any atom is -0.396 e. The number of aliphatic hydroxyl groups excluding tert-OH is 1. The van der Waals surface area contributed by atoms with Gasteiger partial charge in [0, 0.05) is 13.2 Å². The molecule has 0 fully saturated rings. The highest BCUT2D eigenvalue weighted by atomic mass is 16.5. The summed E-state index contributed by atoms with van der Waals surface area (Å²) in [5, 5.41) is 8.38. The molecule has 0 saturated heterocycles. The molecule has 0 bridgehead atoms. The summed E-state index contributed by atoms with van der Waals surface area (Å²) in [5.74, 6) is 0. The van der Waals surface area contributed by atoms with Gasteiger partial charge in [0.2, 0.25) is 0 Å². The lowest BCUT2D eigenvalue weighted by molar-refractivity contribution is 0.0569. The zero-order valence-electron chi connectivity index (χ0n) is 5.55. The standard InChI is InChI=1S/C6H14O2/c1-3-8-6(2)4-5-7/h6-7H,3-5H2,1-2H3. The van der Waals surface area contributed by atoms with Gasteiger partial charge in [-0.25, -0.2) is 0 Å². The van der Waals surface area contributed by atoms with Crippen molar-refractivity contribution < 1.29 is 9.84 Å². The van der Waals surface area contributed by atoms with Gasteiger partial charge in [-0.05, 0) is 20.3 Å². The van der Waals surface area contributed by atoms with Gasteiger partial charge in [0.05, 0.1) is 6.10 Å². The first kappa shape index (κ1) is 7.92. The van der Waals surface area contributed by atoms with Crippen molar-refractivity contribution in [1.82, 2.24) is 0 Å². The average Bonchev–Trinajstić information content (AvgIpc) is 1.68. The van der Waals surface area contributed by atoms with E-state index in [2.05, 4.69) is 0 Å². The summed E-state index contributed by atoms with van der Waals surface area (Å²) in [6.45, 7) is 4.87. The quantitative estimate of drug-likeness (QED) is 0.591. The highest BCUT2D eigenvalue weighted by Gasteiger charge is 1.96. The van der Waals surface area contributed by atoms with Crippen LogP contribution in [0.4, 0.5) is 0 Å². The van der Waals surface area contributed by atoms with Crippen molar-refractivity contribution in [1.29, 1.82) is 0 Å². The van der Waals surface area contributed by atoms with E-state index >= 15 is 0 Å². The van der Waals surface area contributed by atoms with Gasteiger partial charge in [-0.2, -0.15) is 0 Å². The Hall–Kier alpha value is -0.0800. The molecule has 0 aliphatic heterocycles. The van der Waals surface area contributed by atoms with Crippen molar-refractivity contribution in [3.63, 3.8) is 0 Å². The highest BCUT2D eigenvalue weighted by Crippen LogP contribution is 1.93. The Balaban J connectivity index is 2.92. The van der Waals surface area contributed by atoms with Crippen molar-refractivity contribution in [2.75, 3.05) is 13.2 Å². The molecule has 0 aliphatic rings. The fourth-order valence-electron chi connectivity index (χ4n) is 0.550. The van der Waals surface area contributed by atoms with Crippen molar-refractivity contribution >= 4 is 0 Å². The third-order valence-electron chi connectivity index (χ3n) is 0.987. The van der Waals surface area contributed by atoms with Crippen LogP contribution in [0.1, 0.15) is 20.3 Å². The van der Waals surface area contributed by atoms with Crippen LogP contribution in [0.2, 0.25) is 0 Å². The number of rotatable bonds is 4. The molecule has 1 N–H and O–H groups in total. The van der Waals surface area contributed by atoms with E-state index in [0.717, 1.165) is 13.0 Å². The minimum absolute atomic E-state index is 0.213. The van der Waals surface area contributed by atoms with E-state index in [9.17, 15) is 0 Å². The van der Waals surface area contributed by atoms with Crippen molar-refractivity contribution in [3.8, 4) is 0 Å². The van der Waals surface area contributed by atoms with E-state index in [4.69, 9.17) is 9.84 Å². The topological polar surface area (TPSA) is 29.5 Å². The molecule has 0 aliphatic carbocycles. The lowest BCUT2D eigenvalue weighted by Crippen LogP contribution is -2.09. The van der Waals surface area contributed by atoms with Crippen LogP contribution < -0.4 is 0 Å². The van der Waals surface area contributed by atoms with Gasteiger partial charge < -0.3 is 9.84 Å². The van der Waals surface area contributed by atoms with Gasteiger partial charge in [-0.1, -0.05) is 0 Å². The minimum atomic E-state index is 0.213. The molecule has 8 heavy (non-hydrogen) atoms. The molecule has 0 aromatic rings. The van der Waals surface area contributed by atoms with Crippen LogP contribution in [-0.4, -0.2) is 24.4 Å². The third kappa shape index (κ3) is 4.09. The van der Waals surface area contributed by atoms with E-state index in [1.54, 1.807) is 0 Å². The molecule has 0 amide bonds. The molecule has 1 unspecified atom stereocenters. The van der Waals surface area contributed by atoms with E-state index in [1.165, 1.54) is 0 Å². The lowest BCUT2D eigenvalue weighted by Gasteiger charge is -2.07. The summed E-state index contributed by atoms with van der Waals surface area (Å²) >= 11 is 0. The van der Waals surface area contributed by atoms with Crippen LogP contribution in [-0.2, 0) is 4.74 Å². The normalized spacial score (nSPS) is 13.9. The van der Waals surface area contributed by atoms with Crippen LogP contribution in [0, 0.1) is 0 Å². The van der Waals surface area contributed by atoms with Gasteiger partial charge >= 0.3 is 0 Å². The van der Waals surface area contributed by atoms with Crippen LogP contribution in [0.5, 0.6) is 0 Å². The maximum absolute atomic E-state index is 8.38. The summed E-state index contributed by atoms with van der Waals surface area (Å²) < 4.78 is 5.12. The Morgan fingerprint density at radius 3 is 2.62 bits per heavy atom. The average molecular weight is 118 g/mol. The molecule has 1 atom stereocenters. The maximum Gasteiger partial charge on any atom is 0.0568 e. The second-order valence-electron chi connectivity index (χ2n) is 1.78. The Morgan fingerprint density at radius 2 is 2.25 bits per heavy atom. The Kier molecular flexibility index (Phi) is 5.01. The molecule has 0 aromatic heterocycles. The van der Waals surface area contributed by atoms with Crippen LogP contribution in [0.3, 0.4) is 0 Å². The largest absolute Gasteiger partial charge is 0.396 e. The number of ether oxygens (including phenoxy) is 1. The predicted octanol–water partition coefficient (Wildman–Crippen LogP) is 0.794. The second kappa shape index (κ2) is 5.06. The summed E-state index contributed by atoms with van der Waals surface area (Å²) in [6.07, 6.45) is 0.957. The zero-order valence-corrected chi connectivity index (χ0v) is 5.55. The Labute approximate surface area is 50.5 Å². The first-order chi connectivity index (χ1) is 3.81. The summed E-state index contributed by atoms with van der Waals surface area (Å²) in [4.78, 5) is 0. The molecule has 0 saturated carbocycles. The van der Waals surface area contributed by atoms with Gasteiger partial charge in [0.15, 0.2) is 0 Å². The first-order valence-electron chi connectivity index (χ1n) is 3.03. The van der Waals surface area contributed by atoms with E-state index in [1.807, 2.05) is 13.8 Å². The molecule has 2 nitrogen and oxygen atoms in total. The van der Waals surface area contributed by atoms with Gasteiger partial charge in [0.1, 0.15) is 0 Å². The fourth-order valence-corrected chi connectivity index (χ4v) is 0.550. The van der Waals surface area contributed by atoms with Crippen LogP contribution in [0.25, 0.3) is 0 Å². The van der Waals surface area contributed by atoms with Crippen molar-refractivity contribution in [3.05, 3.63) is 0 Å². The number of hydrogen-bond donors (Lipinski definition) is 1. The molecule has 0 radical (unpaired) electrons. The number of aliphatic hydroxyl groups is 1. The highest BCUT2D eigenvalue weighted by molar-refractivity contribution is 4.45. The Morgan fingerprint density at radius 1 is 1.62 bits per heavy atom. The van der Waals surface area contributed by atoms with E-state index in [0.29, 0.717) is 0 Å². The summed E-state index contributed by atoms with van der Waals surface area (Å²) in [5.41, 5.74) is 0. The molecule has 0 aromatic carbocycles. The summed E-state index contributed by atoms with van der Waals surface area (Å²) in [7, 11) is 0. The van der Waals surface area contributed by atoms with Crippen LogP contribution >= 0.6 is 0 Å². The summed E-state index contributed by atoms with van der Waals surface area (Å²) in [6, 6.07) is 0. The number of hydrogen-bond acceptors (Lipinski definition) is 2. The molecule has 0 spiro atoms. The van der Waals surface area contributed by atoms with Gasteiger partial charge in [-0.3, -0.25) is 0 Å². The van der Waals surface area contributed by atoms with Crippen LogP contribution in [0.15, 0.2) is 0 Å². The first-order valence-corrected chi connectivity index (χ1v) is 3.03. The predicted molar refractivity (Wildman–Crippen MR) is 32.8 cm³/mol. The maximum atomic E-state index is 8.38. The van der Waals surface area contributed by atoms with E-state index < -0.39 is 0 Å². The Bertz CT molecular complexity index is 39.8. The molecule has 0 rings (SSSR count).